The molecule has 2 N–H and O–H groups in total. The predicted octanol–water partition coefficient (Wildman–Crippen LogP) is 1.78. The van der Waals surface area contributed by atoms with E-state index < -0.39 is 17.7 Å². The van der Waals surface area contributed by atoms with Gasteiger partial charge in [-0.05, 0) is 18.2 Å². The Labute approximate surface area is 102 Å². The highest BCUT2D eigenvalue weighted by Crippen LogP contribution is 2.17. The summed E-state index contributed by atoms with van der Waals surface area (Å²) >= 11 is 0. The van der Waals surface area contributed by atoms with Gasteiger partial charge in [-0.25, -0.2) is 8.78 Å². The van der Waals surface area contributed by atoms with Gasteiger partial charge in [0.25, 0.3) is 0 Å². The van der Waals surface area contributed by atoms with Gasteiger partial charge < -0.3 is 14.9 Å². The van der Waals surface area contributed by atoms with Gasteiger partial charge in [0.15, 0.2) is 0 Å². The smallest absolute Gasteiger partial charge is 0.129 e. The van der Waals surface area contributed by atoms with Crippen LogP contribution < -0.4 is 5.32 Å². The molecule has 0 radical (unpaired) electrons. The zero-order valence-electron chi connectivity index (χ0n) is 9.44. The second-order valence-corrected chi connectivity index (χ2v) is 3.80. The predicted molar refractivity (Wildman–Crippen MR) is 59.5 cm³/mol. The molecule has 0 aliphatic rings. The zero-order valence-corrected chi connectivity index (χ0v) is 9.44. The summed E-state index contributed by atoms with van der Waals surface area (Å²) in [4.78, 5) is 0. The maximum atomic E-state index is 13.3. The molecule has 96 valence electrons. The molecule has 0 aliphatic heterocycles. The molecule has 1 unspecified atom stereocenters. The molecule has 4 nitrogen and oxygen atoms in total. The van der Waals surface area contributed by atoms with Crippen molar-refractivity contribution in [1.29, 1.82) is 0 Å². The fourth-order valence-corrected chi connectivity index (χ4v) is 1.55. The summed E-state index contributed by atoms with van der Waals surface area (Å²) in [5.74, 6) is -1.21. The van der Waals surface area contributed by atoms with E-state index in [9.17, 15) is 13.9 Å². The lowest BCUT2D eigenvalue weighted by molar-refractivity contribution is 0.169. The van der Waals surface area contributed by atoms with E-state index in [0.717, 1.165) is 18.2 Å². The van der Waals surface area contributed by atoms with Crippen LogP contribution in [0.25, 0.3) is 0 Å². The highest BCUT2D eigenvalue weighted by Gasteiger charge is 2.13. The number of hydrogen-bond donors (Lipinski definition) is 2. The van der Waals surface area contributed by atoms with E-state index in [1.807, 2.05) is 0 Å². The molecule has 0 spiro atoms. The van der Waals surface area contributed by atoms with Crippen LogP contribution in [0.3, 0.4) is 0 Å². The average molecular weight is 254 g/mol. The van der Waals surface area contributed by atoms with Crippen molar-refractivity contribution in [3.05, 3.63) is 53.4 Å². The van der Waals surface area contributed by atoms with Crippen molar-refractivity contribution in [2.45, 2.75) is 12.6 Å². The molecular weight excluding hydrogens is 242 g/mol. The van der Waals surface area contributed by atoms with Crippen molar-refractivity contribution >= 4 is 0 Å². The lowest BCUT2D eigenvalue weighted by Gasteiger charge is -2.12. The standard InChI is InChI=1S/C12H12F2N2O2/c13-8-1-2-11(14)10(5-8)12(17)7-15-6-9-3-4-18-16-9/h1-5,12,15,17H,6-7H2. The van der Waals surface area contributed by atoms with Gasteiger partial charge in [0, 0.05) is 24.7 Å². The van der Waals surface area contributed by atoms with Crippen LogP contribution in [0, 0.1) is 11.6 Å². The van der Waals surface area contributed by atoms with Crippen LogP contribution in [0.15, 0.2) is 35.1 Å². The van der Waals surface area contributed by atoms with Gasteiger partial charge in [-0.3, -0.25) is 0 Å². The van der Waals surface area contributed by atoms with Crippen LogP contribution in [0.4, 0.5) is 8.78 Å². The van der Waals surface area contributed by atoms with Crippen LogP contribution in [0.2, 0.25) is 0 Å². The topological polar surface area (TPSA) is 58.3 Å². The van der Waals surface area contributed by atoms with E-state index in [-0.39, 0.29) is 12.1 Å². The van der Waals surface area contributed by atoms with Crippen LogP contribution >= 0.6 is 0 Å². The van der Waals surface area contributed by atoms with E-state index in [2.05, 4.69) is 15.0 Å². The van der Waals surface area contributed by atoms with Gasteiger partial charge in [-0.2, -0.15) is 0 Å². The van der Waals surface area contributed by atoms with Crippen molar-refractivity contribution < 1.29 is 18.4 Å². The third kappa shape index (κ3) is 3.12. The van der Waals surface area contributed by atoms with Gasteiger partial charge >= 0.3 is 0 Å². The van der Waals surface area contributed by atoms with Gasteiger partial charge in [0.2, 0.25) is 0 Å². The van der Waals surface area contributed by atoms with E-state index >= 15 is 0 Å². The Morgan fingerprint density at radius 2 is 2.17 bits per heavy atom. The Morgan fingerprint density at radius 1 is 1.33 bits per heavy atom. The number of rotatable bonds is 5. The summed E-state index contributed by atoms with van der Waals surface area (Å²) in [5.41, 5.74) is 0.601. The molecule has 0 aliphatic carbocycles. The molecule has 18 heavy (non-hydrogen) atoms. The van der Waals surface area contributed by atoms with E-state index in [0.29, 0.717) is 12.2 Å². The summed E-state index contributed by atoms with van der Waals surface area (Å²) in [5, 5.41) is 16.3. The first-order valence-electron chi connectivity index (χ1n) is 5.40. The molecule has 2 rings (SSSR count). The number of aliphatic hydroxyl groups is 1. The van der Waals surface area contributed by atoms with Crippen molar-refractivity contribution in [2.24, 2.45) is 0 Å². The molecular formula is C12H12F2N2O2. The lowest BCUT2D eigenvalue weighted by Crippen LogP contribution is -2.22. The van der Waals surface area contributed by atoms with Crippen molar-refractivity contribution in [2.75, 3.05) is 6.54 Å². The Balaban J connectivity index is 1.91. The number of nitrogens with one attached hydrogen (secondary N) is 1. The second-order valence-electron chi connectivity index (χ2n) is 3.80. The summed E-state index contributed by atoms with van der Waals surface area (Å²) in [6, 6.07) is 4.65. The van der Waals surface area contributed by atoms with Crippen LogP contribution in [-0.4, -0.2) is 16.8 Å². The van der Waals surface area contributed by atoms with Crippen LogP contribution in [0.5, 0.6) is 0 Å². The molecule has 0 bridgehead atoms. The number of aromatic nitrogens is 1. The Bertz CT molecular complexity index is 503. The zero-order chi connectivity index (χ0) is 13.0. The molecule has 1 heterocycles. The summed E-state index contributed by atoms with van der Waals surface area (Å²) in [6.45, 7) is 0.470. The molecule has 0 amide bonds. The van der Waals surface area contributed by atoms with Gasteiger partial charge in [-0.1, -0.05) is 5.16 Å². The minimum atomic E-state index is -1.12. The quantitative estimate of drug-likeness (QED) is 0.853. The van der Waals surface area contributed by atoms with Gasteiger partial charge in [0.05, 0.1) is 11.8 Å². The molecule has 1 atom stereocenters. The van der Waals surface area contributed by atoms with Crippen molar-refractivity contribution in [1.82, 2.24) is 10.5 Å². The molecule has 0 saturated carbocycles. The maximum absolute atomic E-state index is 13.3. The fraction of sp³-hybridized carbons (Fsp3) is 0.250. The number of nitrogens with zero attached hydrogens (tertiary/aromatic N) is 1. The summed E-state index contributed by atoms with van der Waals surface area (Å²) in [7, 11) is 0. The highest BCUT2D eigenvalue weighted by molar-refractivity contribution is 5.21. The lowest BCUT2D eigenvalue weighted by atomic mass is 10.1. The molecule has 0 saturated heterocycles. The monoisotopic (exact) mass is 254 g/mol. The summed E-state index contributed by atoms with van der Waals surface area (Å²) in [6.07, 6.45) is 0.312. The first-order valence-corrected chi connectivity index (χ1v) is 5.40. The molecule has 1 aromatic heterocycles. The third-order valence-electron chi connectivity index (χ3n) is 2.45. The Hall–Kier alpha value is -1.79. The molecule has 0 fully saturated rings. The SMILES string of the molecule is OC(CNCc1ccon1)c1cc(F)ccc1F. The molecule has 2 aromatic rings. The normalized spacial score (nSPS) is 12.6. The number of aliphatic hydroxyl groups excluding tert-OH is 1. The van der Waals surface area contributed by atoms with Gasteiger partial charge in [0.1, 0.15) is 17.9 Å². The molecule has 1 aromatic carbocycles. The number of benzene rings is 1. The number of hydrogen-bond acceptors (Lipinski definition) is 4. The minimum absolute atomic E-state index is 0.0670. The van der Waals surface area contributed by atoms with E-state index in [1.165, 1.54) is 6.26 Å². The first kappa shape index (κ1) is 12.7. The number of halogens is 2. The van der Waals surface area contributed by atoms with E-state index in [1.54, 1.807) is 6.07 Å². The van der Waals surface area contributed by atoms with E-state index in [4.69, 9.17) is 0 Å². The first-order chi connectivity index (χ1) is 8.66. The average Bonchev–Trinajstić information content (AvgIpc) is 2.85. The van der Waals surface area contributed by atoms with Crippen molar-refractivity contribution in [3.63, 3.8) is 0 Å². The Morgan fingerprint density at radius 3 is 2.89 bits per heavy atom. The fourth-order valence-electron chi connectivity index (χ4n) is 1.55. The Kier molecular flexibility index (Phi) is 4.01. The van der Waals surface area contributed by atoms with Crippen molar-refractivity contribution in [3.8, 4) is 0 Å². The minimum Gasteiger partial charge on any atom is -0.387 e. The summed E-state index contributed by atoms with van der Waals surface area (Å²) < 4.78 is 30.9. The van der Waals surface area contributed by atoms with Crippen LogP contribution in [0.1, 0.15) is 17.4 Å². The maximum Gasteiger partial charge on any atom is 0.129 e. The third-order valence-corrected chi connectivity index (χ3v) is 2.45. The van der Waals surface area contributed by atoms with Gasteiger partial charge in [-0.15, -0.1) is 0 Å². The second kappa shape index (κ2) is 5.70. The van der Waals surface area contributed by atoms with Crippen LogP contribution in [-0.2, 0) is 6.54 Å². The molecule has 6 heteroatoms. The largest absolute Gasteiger partial charge is 0.387 e. The highest BCUT2D eigenvalue weighted by atomic mass is 19.1.